The molecular formula is C18H17NO4. The lowest BCUT2D eigenvalue weighted by molar-refractivity contribution is -0.117. The average Bonchev–Trinajstić information content (AvgIpc) is 3.40. The van der Waals surface area contributed by atoms with E-state index >= 15 is 0 Å². The molecule has 3 rings (SSSR count). The third-order valence-electron chi connectivity index (χ3n) is 3.59. The van der Waals surface area contributed by atoms with E-state index in [4.69, 9.17) is 9.47 Å². The van der Waals surface area contributed by atoms with Gasteiger partial charge in [-0.25, -0.2) is 4.79 Å². The Labute approximate surface area is 134 Å². The zero-order chi connectivity index (χ0) is 16.2. The molecule has 1 saturated carbocycles. The van der Waals surface area contributed by atoms with Crippen LogP contribution < -0.4 is 14.8 Å². The predicted octanol–water partition coefficient (Wildman–Crippen LogP) is 3.26. The first-order valence-corrected chi connectivity index (χ1v) is 7.43. The van der Waals surface area contributed by atoms with Gasteiger partial charge in [-0.05, 0) is 49.2 Å². The van der Waals surface area contributed by atoms with Gasteiger partial charge in [-0.3, -0.25) is 4.79 Å². The fourth-order valence-corrected chi connectivity index (χ4v) is 2.12. The first-order valence-electron chi connectivity index (χ1n) is 7.43. The Morgan fingerprint density at radius 2 is 1.78 bits per heavy atom. The van der Waals surface area contributed by atoms with Crippen LogP contribution in [0.3, 0.4) is 0 Å². The molecule has 0 bridgehead atoms. The highest BCUT2D eigenvalue weighted by molar-refractivity contribution is 5.94. The number of rotatable bonds is 5. The summed E-state index contributed by atoms with van der Waals surface area (Å²) in [7, 11) is 1.56. The highest BCUT2D eigenvalue weighted by Crippen LogP contribution is 2.30. The third-order valence-corrected chi connectivity index (χ3v) is 3.59. The molecule has 0 heterocycles. The van der Waals surface area contributed by atoms with Crippen LogP contribution in [-0.4, -0.2) is 19.0 Å². The number of methoxy groups -OCH3 is 1. The van der Waals surface area contributed by atoms with E-state index in [0.29, 0.717) is 22.7 Å². The molecule has 1 fully saturated rings. The van der Waals surface area contributed by atoms with Crippen molar-refractivity contribution in [3.63, 3.8) is 0 Å². The van der Waals surface area contributed by atoms with Gasteiger partial charge < -0.3 is 14.8 Å². The lowest BCUT2D eigenvalue weighted by atomic mass is 10.2. The van der Waals surface area contributed by atoms with Gasteiger partial charge in [-0.1, -0.05) is 6.07 Å². The second-order valence-corrected chi connectivity index (χ2v) is 5.41. The van der Waals surface area contributed by atoms with E-state index in [1.54, 1.807) is 55.6 Å². The highest BCUT2D eigenvalue weighted by atomic mass is 16.5. The van der Waals surface area contributed by atoms with E-state index in [1.807, 2.05) is 0 Å². The number of ether oxygens (including phenoxy) is 2. The van der Waals surface area contributed by atoms with Gasteiger partial charge >= 0.3 is 5.97 Å². The quantitative estimate of drug-likeness (QED) is 0.680. The van der Waals surface area contributed by atoms with E-state index in [9.17, 15) is 9.59 Å². The smallest absolute Gasteiger partial charge is 0.343 e. The Bertz CT molecular complexity index is 720. The third kappa shape index (κ3) is 3.88. The van der Waals surface area contributed by atoms with Crippen molar-refractivity contribution in [2.24, 2.45) is 5.92 Å². The Hall–Kier alpha value is -2.82. The van der Waals surface area contributed by atoms with Crippen molar-refractivity contribution < 1.29 is 19.1 Å². The number of esters is 1. The van der Waals surface area contributed by atoms with Gasteiger partial charge in [-0.15, -0.1) is 0 Å². The minimum Gasteiger partial charge on any atom is -0.497 e. The van der Waals surface area contributed by atoms with Gasteiger partial charge in [0, 0.05) is 17.7 Å². The molecule has 1 N–H and O–H groups in total. The molecule has 118 valence electrons. The van der Waals surface area contributed by atoms with Crippen LogP contribution in [-0.2, 0) is 4.79 Å². The molecule has 0 spiro atoms. The predicted molar refractivity (Wildman–Crippen MR) is 85.7 cm³/mol. The summed E-state index contributed by atoms with van der Waals surface area (Å²) in [6.45, 7) is 0. The molecule has 5 heteroatoms. The monoisotopic (exact) mass is 311 g/mol. The normalized spacial score (nSPS) is 13.3. The maximum atomic E-state index is 12.1. The second kappa shape index (κ2) is 6.52. The van der Waals surface area contributed by atoms with E-state index < -0.39 is 5.97 Å². The summed E-state index contributed by atoms with van der Waals surface area (Å²) in [4.78, 5) is 23.9. The maximum absolute atomic E-state index is 12.1. The topological polar surface area (TPSA) is 64.6 Å². The van der Waals surface area contributed by atoms with Crippen molar-refractivity contribution in [3.8, 4) is 11.5 Å². The lowest BCUT2D eigenvalue weighted by Crippen LogP contribution is -2.13. The summed E-state index contributed by atoms with van der Waals surface area (Å²) in [6, 6.07) is 13.5. The van der Waals surface area contributed by atoms with Crippen LogP contribution in [0.4, 0.5) is 5.69 Å². The molecule has 23 heavy (non-hydrogen) atoms. The number of hydrogen-bond acceptors (Lipinski definition) is 4. The van der Waals surface area contributed by atoms with Crippen LogP contribution >= 0.6 is 0 Å². The molecule has 0 atom stereocenters. The number of amides is 1. The fourth-order valence-electron chi connectivity index (χ4n) is 2.12. The zero-order valence-corrected chi connectivity index (χ0v) is 12.7. The van der Waals surface area contributed by atoms with Crippen molar-refractivity contribution in [1.82, 2.24) is 0 Å². The molecule has 0 radical (unpaired) electrons. The van der Waals surface area contributed by atoms with Crippen molar-refractivity contribution in [2.45, 2.75) is 12.8 Å². The van der Waals surface area contributed by atoms with Gasteiger partial charge in [0.05, 0.1) is 12.7 Å². The van der Waals surface area contributed by atoms with Crippen LogP contribution in [0, 0.1) is 5.92 Å². The Morgan fingerprint density at radius 1 is 1.04 bits per heavy atom. The molecule has 1 aliphatic rings. The number of benzene rings is 2. The van der Waals surface area contributed by atoms with Gasteiger partial charge in [0.25, 0.3) is 0 Å². The summed E-state index contributed by atoms with van der Waals surface area (Å²) in [5.74, 6) is 0.744. The second-order valence-electron chi connectivity index (χ2n) is 5.41. The van der Waals surface area contributed by atoms with Crippen LogP contribution in [0.25, 0.3) is 0 Å². The van der Waals surface area contributed by atoms with Crippen LogP contribution in [0.5, 0.6) is 11.5 Å². The first kappa shape index (κ1) is 15.1. The molecule has 1 amide bonds. The SMILES string of the molecule is COc1ccc(C(=O)Oc2cccc(NC(=O)C3CC3)c2)cc1. The first-order chi connectivity index (χ1) is 11.2. The van der Waals surface area contributed by atoms with Crippen LogP contribution in [0.1, 0.15) is 23.2 Å². The fraction of sp³-hybridized carbons (Fsp3) is 0.222. The minimum absolute atomic E-state index is 0.0173. The largest absolute Gasteiger partial charge is 0.497 e. The zero-order valence-electron chi connectivity index (χ0n) is 12.7. The number of nitrogens with one attached hydrogen (secondary N) is 1. The Morgan fingerprint density at radius 3 is 2.43 bits per heavy atom. The molecule has 2 aromatic carbocycles. The van der Waals surface area contributed by atoms with Crippen molar-refractivity contribution in [1.29, 1.82) is 0 Å². The average molecular weight is 311 g/mol. The van der Waals surface area contributed by atoms with Crippen molar-refractivity contribution >= 4 is 17.6 Å². The van der Waals surface area contributed by atoms with Gasteiger partial charge in [0.15, 0.2) is 0 Å². The van der Waals surface area contributed by atoms with Crippen molar-refractivity contribution in [2.75, 3.05) is 12.4 Å². The summed E-state index contributed by atoms with van der Waals surface area (Å²) in [6.07, 6.45) is 1.88. The van der Waals surface area contributed by atoms with Crippen LogP contribution in [0.2, 0.25) is 0 Å². The van der Waals surface area contributed by atoms with Gasteiger partial charge in [0.2, 0.25) is 5.91 Å². The van der Waals surface area contributed by atoms with E-state index in [0.717, 1.165) is 12.8 Å². The van der Waals surface area contributed by atoms with Crippen LogP contribution in [0.15, 0.2) is 48.5 Å². The summed E-state index contributed by atoms with van der Waals surface area (Å²) in [5, 5.41) is 2.83. The molecular weight excluding hydrogens is 294 g/mol. The summed E-state index contributed by atoms with van der Waals surface area (Å²) < 4.78 is 10.4. The molecule has 0 aromatic heterocycles. The molecule has 0 saturated heterocycles. The molecule has 1 aliphatic carbocycles. The standard InChI is InChI=1S/C18H17NO4/c1-22-15-9-7-13(8-10-15)18(21)23-16-4-2-3-14(11-16)19-17(20)12-5-6-12/h2-4,7-12H,5-6H2,1H3,(H,19,20). The number of hydrogen-bond donors (Lipinski definition) is 1. The highest BCUT2D eigenvalue weighted by Gasteiger charge is 2.29. The van der Waals surface area contributed by atoms with E-state index in [2.05, 4.69) is 5.32 Å². The molecule has 5 nitrogen and oxygen atoms in total. The molecule has 2 aromatic rings. The summed E-state index contributed by atoms with van der Waals surface area (Å²) in [5.41, 5.74) is 1.06. The minimum atomic E-state index is -0.460. The summed E-state index contributed by atoms with van der Waals surface area (Å²) >= 11 is 0. The van der Waals surface area contributed by atoms with Crippen molar-refractivity contribution in [3.05, 3.63) is 54.1 Å². The lowest BCUT2D eigenvalue weighted by Gasteiger charge is -2.08. The Kier molecular flexibility index (Phi) is 4.28. The molecule has 0 unspecified atom stereocenters. The molecule has 0 aliphatic heterocycles. The van der Waals surface area contributed by atoms with Gasteiger partial charge in [0.1, 0.15) is 11.5 Å². The number of carbonyl (C=O) groups excluding carboxylic acids is 2. The van der Waals surface area contributed by atoms with E-state index in [1.165, 1.54) is 0 Å². The van der Waals surface area contributed by atoms with Gasteiger partial charge in [-0.2, -0.15) is 0 Å². The Balaban J connectivity index is 1.66. The maximum Gasteiger partial charge on any atom is 0.343 e. The number of carbonyl (C=O) groups is 2. The number of anilines is 1. The van der Waals surface area contributed by atoms with E-state index in [-0.39, 0.29) is 11.8 Å².